The Kier molecular flexibility index (Phi) is 8.05. The van der Waals surface area contributed by atoms with Crippen molar-refractivity contribution in [1.29, 1.82) is 0 Å². The quantitative estimate of drug-likeness (QED) is 0.165. The molecular weight excluding hydrogens is 716 g/mol. The molecule has 0 fully saturated rings. The highest BCUT2D eigenvalue weighted by Crippen LogP contribution is 2.48. The summed E-state index contributed by atoms with van der Waals surface area (Å²) in [5, 5.41) is 5.90. The van der Waals surface area contributed by atoms with Crippen molar-refractivity contribution in [2.75, 3.05) is 9.80 Å². The molecule has 4 heteroatoms. The summed E-state index contributed by atoms with van der Waals surface area (Å²) in [5.74, 6) is 0. The molecule has 0 amide bonds. The van der Waals surface area contributed by atoms with E-state index in [9.17, 15) is 0 Å². The Morgan fingerprint density at radius 3 is 0.983 bits per heavy atom. The van der Waals surface area contributed by atoms with Crippen molar-refractivity contribution in [2.24, 2.45) is 0 Å². The lowest BCUT2D eigenvalue weighted by molar-refractivity contribution is 0.590. The minimum Gasteiger partial charge on any atom is -0.311 e. The molecule has 0 spiro atoms. The molecular formula is C54H53BN2Si. The van der Waals surface area contributed by atoms with Crippen molar-refractivity contribution in [3.8, 4) is 0 Å². The average Bonchev–Trinajstić information content (AvgIpc) is 3.21. The Hall–Kier alpha value is -5.58. The fraction of sp³-hybridized carbons (Fsp3) is 0.222. The van der Waals surface area contributed by atoms with Crippen LogP contribution in [0.15, 0.2) is 158 Å². The summed E-state index contributed by atoms with van der Waals surface area (Å²) in [6.45, 7) is 21.5. The topological polar surface area (TPSA) is 6.48 Å². The normalized spacial score (nSPS) is 15.0. The molecule has 0 aromatic heterocycles. The van der Waals surface area contributed by atoms with Crippen LogP contribution in [-0.2, 0) is 16.2 Å². The van der Waals surface area contributed by atoms with Crippen LogP contribution >= 0.6 is 0 Å². The highest BCUT2D eigenvalue weighted by molar-refractivity contribution is 7.27. The molecule has 7 aromatic rings. The summed E-state index contributed by atoms with van der Waals surface area (Å²) in [7, 11) is -3.03. The number of benzene rings is 7. The number of hydrogen-bond acceptors (Lipinski definition) is 2. The molecule has 0 aliphatic carbocycles. The number of hydrogen-bond donors (Lipinski definition) is 0. The first kappa shape index (κ1) is 36.7. The van der Waals surface area contributed by atoms with Gasteiger partial charge in [0, 0.05) is 34.1 Å². The number of anilines is 6. The molecule has 0 radical (unpaired) electrons. The van der Waals surface area contributed by atoms with Gasteiger partial charge in [-0.15, -0.1) is 0 Å². The summed E-state index contributed by atoms with van der Waals surface area (Å²) in [5.41, 5.74) is 15.8. The molecule has 0 N–H and O–H groups in total. The Morgan fingerprint density at radius 1 is 0.362 bits per heavy atom. The molecule has 0 atom stereocenters. The third-order valence-corrected chi connectivity index (χ3v) is 18.0. The van der Waals surface area contributed by atoms with Gasteiger partial charge in [0.15, 0.2) is 8.07 Å². The third-order valence-electron chi connectivity index (χ3n) is 13.1. The van der Waals surface area contributed by atoms with E-state index in [0.717, 1.165) is 0 Å². The highest BCUT2D eigenvalue weighted by Gasteiger charge is 2.57. The van der Waals surface area contributed by atoms with Gasteiger partial charge in [-0.25, -0.2) is 0 Å². The summed E-state index contributed by atoms with van der Waals surface area (Å²) in [4.78, 5) is 5.27. The van der Waals surface area contributed by atoms with Crippen LogP contribution in [-0.4, -0.2) is 14.8 Å². The lowest BCUT2D eigenvalue weighted by Gasteiger charge is -2.52. The van der Waals surface area contributed by atoms with Gasteiger partial charge in [-0.3, -0.25) is 0 Å². The molecule has 2 nitrogen and oxygen atoms in total. The smallest absolute Gasteiger partial charge is 0.251 e. The first-order valence-corrected chi connectivity index (χ1v) is 23.1. The average molecular weight is 769 g/mol. The zero-order valence-corrected chi connectivity index (χ0v) is 36.5. The van der Waals surface area contributed by atoms with E-state index in [1.54, 1.807) is 0 Å². The second-order valence-corrected chi connectivity index (χ2v) is 23.6. The van der Waals surface area contributed by atoms with Gasteiger partial charge in [-0.05, 0) is 119 Å². The Bertz CT molecular complexity index is 2540. The first-order chi connectivity index (χ1) is 27.7. The van der Waals surface area contributed by atoms with Gasteiger partial charge >= 0.3 is 0 Å². The van der Waals surface area contributed by atoms with Gasteiger partial charge in [0.05, 0.1) is 0 Å². The second kappa shape index (κ2) is 12.7. The fourth-order valence-corrected chi connectivity index (χ4v) is 15.5. The number of nitrogens with zero attached hydrogens (tertiary/aromatic N) is 2. The van der Waals surface area contributed by atoms with Crippen molar-refractivity contribution >= 4 is 86.0 Å². The Morgan fingerprint density at radius 2 is 0.655 bits per heavy atom. The Balaban J connectivity index is 1.50. The molecule has 7 aromatic carbocycles. The molecule has 10 rings (SSSR count). The van der Waals surface area contributed by atoms with Crippen molar-refractivity contribution < 1.29 is 0 Å². The lowest BCUT2D eigenvalue weighted by Crippen LogP contribution is -2.88. The number of rotatable bonds is 4. The SMILES string of the molecule is CC(C)(C)c1cc2c3c(c1)N(c1ccccc1)c1cc(C(C)(C)C)cc4c1B3c1c(cc(C(C)(C)C)cc1[Si]4(c1ccccc1)c1ccccc1)N2c1ccccc1. The Labute approximate surface area is 347 Å². The van der Waals surface area contributed by atoms with E-state index < -0.39 is 8.07 Å². The van der Waals surface area contributed by atoms with Crippen LogP contribution in [0.5, 0.6) is 0 Å². The molecule has 0 saturated heterocycles. The molecule has 3 heterocycles. The van der Waals surface area contributed by atoms with E-state index >= 15 is 0 Å². The van der Waals surface area contributed by atoms with Crippen LogP contribution < -0.4 is 46.9 Å². The van der Waals surface area contributed by atoms with Crippen LogP contribution in [0.3, 0.4) is 0 Å². The number of para-hydroxylation sites is 2. The van der Waals surface area contributed by atoms with Crippen LogP contribution in [0.4, 0.5) is 34.1 Å². The summed E-state index contributed by atoms with van der Waals surface area (Å²) < 4.78 is 0. The van der Waals surface area contributed by atoms with Gasteiger partial charge in [0.25, 0.3) is 6.71 Å². The third kappa shape index (κ3) is 5.30. The lowest BCUT2D eigenvalue weighted by atomic mass is 9.33. The van der Waals surface area contributed by atoms with Crippen LogP contribution in [0.1, 0.15) is 79.0 Å². The molecule has 3 aliphatic rings. The maximum Gasteiger partial charge on any atom is 0.251 e. The predicted octanol–water partition coefficient (Wildman–Crippen LogP) is 9.35. The van der Waals surface area contributed by atoms with Gasteiger partial charge in [-0.1, -0.05) is 172 Å². The van der Waals surface area contributed by atoms with E-state index in [4.69, 9.17) is 0 Å². The molecule has 286 valence electrons. The van der Waals surface area contributed by atoms with Gasteiger partial charge in [-0.2, -0.15) is 0 Å². The van der Waals surface area contributed by atoms with E-state index in [1.807, 2.05) is 0 Å². The van der Waals surface area contributed by atoms with Gasteiger partial charge in [0.1, 0.15) is 0 Å². The van der Waals surface area contributed by atoms with Crippen molar-refractivity contribution in [3.05, 3.63) is 174 Å². The van der Waals surface area contributed by atoms with Gasteiger partial charge < -0.3 is 9.80 Å². The standard InChI is InChI=1S/C54H53BN2Si/c1-52(2,3)36-30-43-49-44(31-36)57(40-24-16-11-17-25-40)46-33-38(54(7,8)9)35-48-51(46)55(49)50-45(56(43)39-22-14-10-15-23-39)32-37(53(4,5)6)34-47(50)58(48,41-26-18-12-19-27-41)42-28-20-13-21-29-42/h10-35H,1-9H3. The van der Waals surface area contributed by atoms with Crippen molar-refractivity contribution in [1.82, 2.24) is 0 Å². The van der Waals surface area contributed by atoms with E-state index in [1.165, 1.54) is 87.9 Å². The van der Waals surface area contributed by atoms with E-state index in [2.05, 4.69) is 230 Å². The van der Waals surface area contributed by atoms with E-state index in [-0.39, 0.29) is 23.0 Å². The minimum atomic E-state index is -3.03. The monoisotopic (exact) mass is 768 g/mol. The highest BCUT2D eigenvalue weighted by atomic mass is 28.3. The molecule has 0 saturated carbocycles. The molecule has 0 bridgehead atoms. The van der Waals surface area contributed by atoms with Crippen molar-refractivity contribution in [2.45, 2.75) is 78.6 Å². The summed E-state index contributed by atoms with van der Waals surface area (Å²) in [6.07, 6.45) is 0. The minimum absolute atomic E-state index is 0.0602. The zero-order chi connectivity index (χ0) is 40.4. The van der Waals surface area contributed by atoms with Crippen LogP contribution in [0.25, 0.3) is 0 Å². The maximum atomic E-state index is 2.67. The largest absolute Gasteiger partial charge is 0.311 e. The first-order valence-electron chi connectivity index (χ1n) is 21.1. The molecule has 3 aliphatic heterocycles. The summed E-state index contributed by atoms with van der Waals surface area (Å²) >= 11 is 0. The van der Waals surface area contributed by atoms with E-state index in [0.29, 0.717) is 0 Å². The van der Waals surface area contributed by atoms with Crippen LogP contribution in [0, 0.1) is 0 Å². The van der Waals surface area contributed by atoms with Crippen molar-refractivity contribution in [3.63, 3.8) is 0 Å². The predicted molar refractivity (Wildman–Crippen MR) is 254 cm³/mol. The van der Waals surface area contributed by atoms with Gasteiger partial charge in [0.2, 0.25) is 0 Å². The molecule has 58 heavy (non-hydrogen) atoms. The summed E-state index contributed by atoms with van der Waals surface area (Å²) in [6, 6.07) is 61.1. The molecule has 0 unspecified atom stereocenters. The zero-order valence-electron chi connectivity index (χ0n) is 35.5. The second-order valence-electron chi connectivity index (χ2n) is 19.8. The van der Waals surface area contributed by atoms with Crippen LogP contribution in [0.2, 0.25) is 0 Å². The fourth-order valence-electron chi connectivity index (χ4n) is 10.2. The maximum absolute atomic E-state index is 3.03.